The summed E-state index contributed by atoms with van der Waals surface area (Å²) in [5.41, 5.74) is 0.666. The van der Waals surface area contributed by atoms with Crippen molar-refractivity contribution in [2.75, 3.05) is 24.3 Å². The van der Waals surface area contributed by atoms with Gasteiger partial charge in [0.25, 0.3) is 10.0 Å². The molecule has 0 saturated heterocycles. The fraction of sp³-hybridized carbons (Fsp3) is 0.350. The lowest BCUT2D eigenvalue weighted by molar-refractivity contribution is -0.119. The molecule has 0 aromatic heterocycles. The highest BCUT2D eigenvalue weighted by atomic mass is 32.2. The van der Waals surface area contributed by atoms with Crippen LogP contribution in [0.5, 0.6) is 11.5 Å². The standard InChI is InChI=1S/C20H24N2O5S/c1-26-18-10-6-5-9-16(18)22-28(24,25)15-11-12-19(27-2)17(13-15)21-20(23)14-7-3-4-8-14/h5-6,9-14,22H,3-4,7-8H2,1-2H3,(H,21,23). The number of amides is 1. The van der Waals surface area contributed by atoms with E-state index >= 15 is 0 Å². The third-order valence-corrected chi connectivity index (χ3v) is 6.18. The van der Waals surface area contributed by atoms with Crippen molar-refractivity contribution in [3.8, 4) is 11.5 Å². The fourth-order valence-corrected chi connectivity index (χ4v) is 4.40. The Morgan fingerprint density at radius 1 is 0.964 bits per heavy atom. The maximum Gasteiger partial charge on any atom is 0.262 e. The zero-order valence-electron chi connectivity index (χ0n) is 15.9. The number of sulfonamides is 1. The van der Waals surface area contributed by atoms with Crippen LogP contribution < -0.4 is 19.5 Å². The highest BCUT2D eigenvalue weighted by molar-refractivity contribution is 7.92. The van der Waals surface area contributed by atoms with E-state index < -0.39 is 10.0 Å². The highest BCUT2D eigenvalue weighted by Crippen LogP contribution is 2.32. The number of anilines is 2. The first-order valence-corrected chi connectivity index (χ1v) is 10.6. The molecule has 0 heterocycles. The SMILES string of the molecule is COc1ccc(S(=O)(=O)Nc2ccccc2OC)cc1NC(=O)C1CCCC1. The Balaban J connectivity index is 1.87. The first-order valence-electron chi connectivity index (χ1n) is 9.09. The predicted octanol–water partition coefficient (Wildman–Crippen LogP) is 3.63. The number of methoxy groups -OCH3 is 2. The molecular weight excluding hydrogens is 380 g/mol. The molecular formula is C20H24N2O5S. The van der Waals surface area contributed by atoms with Crippen LogP contribution in [0.2, 0.25) is 0 Å². The summed E-state index contributed by atoms with van der Waals surface area (Å²) in [6.07, 6.45) is 3.77. The molecule has 0 unspecified atom stereocenters. The van der Waals surface area contributed by atoms with Crippen molar-refractivity contribution in [3.05, 3.63) is 42.5 Å². The zero-order valence-corrected chi connectivity index (χ0v) is 16.7. The summed E-state index contributed by atoms with van der Waals surface area (Å²) in [6.45, 7) is 0. The van der Waals surface area contributed by atoms with E-state index in [-0.39, 0.29) is 16.7 Å². The average Bonchev–Trinajstić information content (AvgIpc) is 3.23. The number of ether oxygens (including phenoxy) is 2. The highest BCUT2D eigenvalue weighted by Gasteiger charge is 2.24. The molecule has 0 bridgehead atoms. The van der Waals surface area contributed by atoms with Crippen LogP contribution in [-0.2, 0) is 14.8 Å². The van der Waals surface area contributed by atoms with Crippen molar-refractivity contribution in [1.82, 2.24) is 0 Å². The molecule has 2 aromatic rings. The van der Waals surface area contributed by atoms with E-state index in [4.69, 9.17) is 9.47 Å². The summed E-state index contributed by atoms with van der Waals surface area (Å²) in [5, 5.41) is 2.82. The number of carbonyl (C=O) groups excluding carboxylic acids is 1. The number of hydrogen-bond donors (Lipinski definition) is 2. The smallest absolute Gasteiger partial charge is 0.262 e. The van der Waals surface area contributed by atoms with Gasteiger partial charge in [-0.25, -0.2) is 8.42 Å². The summed E-state index contributed by atoms with van der Waals surface area (Å²) in [6, 6.07) is 11.1. The van der Waals surface area contributed by atoms with Crippen molar-refractivity contribution in [1.29, 1.82) is 0 Å². The molecule has 1 aliphatic rings. The Kier molecular flexibility index (Phi) is 6.08. The molecule has 3 rings (SSSR count). The number of benzene rings is 2. The third-order valence-electron chi connectivity index (χ3n) is 4.82. The van der Waals surface area contributed by atoms with Gasteiger partial charge in [0.1, 0.15) is 11.5 Å². The van der Waals surface area contributed by atoms with Gasteiger partial charge in [0.15, 0.2) is 0 Å². The molecule has 2 aromatic carbocycles. The van der Waals surface area contributed by atoms with Gasteiger partial charge >= 0.3 is 0 Å². The molecule has 0 aliphatic heterocycles. The Morgan fingerprint density at radius 3 is 2.29 bits per heavy atom. The van der Waals surface area contributed by atoms with Gasteiger partial charge < -0.3 is 14.8 Å². The van der Waals surface area contributed by atoms with Crippen molar-refractivity contribution in [3.63, 3.8) is 0 Å². The molecule has 1 fully saturated rings. The van der Waals surface area contributed by atoms with Crippen LogP contribution in [0.1, 0.15) is 25.7 Å². The van der Waals surface area contributed by atoms with Gasteiger partial charge in [-0.05, 0) is 43.2 Å². The molecule has 0 spiro atoms. The fourth-order valence-electron chi connectivity index (χ4n) is 3.31. The summed E-state index contributed by atoms with van der Waals surface area (Å²) >= 11 is 0. The molecule has 1 aliphatic carbocycles. The van der Waals surface area contributed by atoms with Crippen LogP contribution in [0, 0.1) is 5.92 Å². The lowest BCUT2D eigenvalue weighted by Crippen LogP contribution is -2.21. The summed E-state index contributed by atoms with van der Waals surface area (Å²) in [5.74, 6) is 0.664. The Morgan fingerprint density at radius 2 is 1.61 bits per heavy atom. The van der Waals surface area contributed by atoms with Crippen LogP contribution in [0.15, 0.2) is 47.4 Å². The second-order valence-corrected chi connectivity index (χ2v) is 8.32. The normalized spacial score (nSPS) is 14.5. The summed E-state index contributed by atoms with van der Waals surface area (Å²) < 4.78 is 38.7. The van der Waals surface area contributed by atoms with E-state index in [0.717, 1.165) is 25.7 Å². The Bertz CT molecular complexity index is 953. The quantitative estimate of drug-likeness (QED) is 0.735. The van der Waals surface area contributed by atoms with Crippen LogP contribution in [0.3, 0.4) is 0 Å². The largest absolute Gasteiger partial charge is 0.495 e. The van der Waals surface area contributed by atoms with E-state index in [1.807, 2.05) is 0 Å². The lowest BCUT2D eigenvalue weighted by Gasteiger charge is -2.16. The number of para-hydroxylation sites is 2. The van der Waals surface area contributed by atoms with Crippen LogP contribution in [-0.4, -0.2) is 28.5 Å². The Labute approximate surface area is 165 Å². The van der Waals surface area contributed by atoms with Crippen LogP contribution in [0.4, 0.5) is 11.4 Å². The van der Waals surface area contributed by atoms with Crippen LogP contribution in [0.25, 0.3) is 0 Å². The van der Waals surface area contributed by atoms with Gasteiger partial charge in [0.2, 0.25) is 5.91 Å². The van der Waals surface area contributed by atoms with Crippen molar-refractivity contribution >= 4 is 27.3 Å². The first kappa shape index (κ1) is 20.0. The summed E-state index contributed by atoms with van der Waals surface area (Å²) in [4.78, 5) is 12.5. The summed E-state index contributed by atoms with van der Waals surface area (Å²) in [7, 11) is -0.942. The molecule has 7 nitrogen and oxygen atoms in total. The average molecular weight is 404 g/mol. The topological polar surface area (TPSA) is 93.7 Å². The molecule has 0 radical (unpaired) electrons. The number of nitrogens with one attached hydrogen (secondary N) is 2. The number of carbonyl (C=O) groups is 1. The van der Waals surface area contributed by atoms with Crippen molar-refractivity contribution in [2.24, 2.45) is 5.92 Å². The minimum absolute atomic E-state index is 0.0147. The first-order chi connectivity index (χ1) is 13.4. The molecule has 1 amide bonds. The Hall–Kier alpha value is -2.74. The molecule has 8 heteroatoms. The van der Waals surface area contributed by atoms with E-state index in [9.17, 15) is 13.2 Å². The molecule has 1 saturated carbocycles. The van der Waals surface area contributed by atoms with Gasteiger partial charge in [0, 0.05) is 5.92 Å². The van der Waals surface area contributed by atoms with Gasteiger partial charge in [-0.15, -0.1) is 0 Å². The van der Waals surface area contributed by atoms with E-state index in [2.05, 4.69) is 10.0 Å². The second kappa shape index (κ2) is 8.52. The van der Waals surface area contributed by atoms with E-state index in [1.54, 1.807) is 24.3 Å². The van der Waals surface area contributed by atoms with Gasteiger partial charge in [-0.3, -0.25) is 9.52 Å². The van der Waals surface area contributed by atoms with Crippen LogP contribution >= 0.6 is 0 Å². The van der Waals surface area contributed by atoms with E-state index in [1.165, 1.54) is 32.4 Å². The maximum atomic E-state index is 12.8. The molecule has 28 heavy (non-hydrogen) atoms. The lowest BCUT2D eigenvalue weighted by atomic mass is 10.1. The van der Waals surface area contributed by atoms with Crippen molar-refractivity contribution in [2.45, 2.75) is 30.6 Å². The number of hydrogen-bond acceptors (Lipinski definition) is 5. The maximum absolute atomic E-state index is 12.8. The van der Waals surface area contributed by atoms with Gasteiger partial charge in [-0.1, -0.05) is 25.0 Å². The molecule has 0 atom stereocenters. The molecule has 150 valence electrons. The third kappa shape index (κ3) is 4.39. The zero-order chi connectivity index (χ0) is 20.1. The minimum atomic E-state index is -3.89. The minimum Gasteiger partial charge on any atom is -0.495 e. The second-order valence-electron chi connectivity index (χ2n) is 6.64. The van der Waals surface area contributed by atoms with E-state index in [0.29, 0.717) is 22.9 Å². The van der Waals surface area contributed by atoms with Crippen molar-refractivity contribution < 1.29 is 22.7 Å². The molecule has 2 N–H and O–H groups in total. The van der Waals surface area contributed by atoms with Gasteiger partial charge in [-0.2, -0.15) is 0 Å². The monoisotopic (exact) mass is 404 g/mol. The predicted molar refractivity (Wildman–Crippen MR) is 107 cm³/mol. The number of rotatable bonds is 7. The van der Waals surface area contributed by atoms with Gasteiger partial charge in [0.05, 0.1) is 30.5 Å².